The fourth-order valence-electron chi connectivity index (χ4n) is 2.60. The summed E-state index contributed by atoms with van der Waals surface area (Å²) in [5.74, 6) is -0.401. The topological polar surface area (TPSA) is 12.0 Å². The normalized spacial score (nSPS) is 23.6. The molecule has 0 aromatic carbocycles. The van der Waals surface area contributed by atoms with Gasteiger partial charge in [0.05, 0.1) is 0 Å². The zero-order chi connectivity index (χ0) is 11.6. The van der Waals surface area contributed by atoms with E-state index in [9.17, 15) is 4.39 Å². The second-order valence-corrected chi connectivity index (χ2v) is 4.71. The highest BCUT2D eigenvalue weighted by Crippen LogP contribution is 2.48. The van der Waals surface area contributed by atoms with Crippen LogP contribution in [0.3, 0.4) is 0 Å². The van der Waals surface area contributed by atoms with Gasteiger partial charge in [0.1, 0.15) is 5.83 Å². The third-order valence-corrected chi connectivity index (χ3v) is 3.53. The lowest BCUT2D eigenvalue weighted by molar-refractivity contribution is 0.241. The van der Waals surface area contributed by atoms with Gasteiger partial charge in [-0.2, -0.15) is 0 Å². The third-order valence-electron chi connectivity index (χ3n) is 3.53. The smallest absolute Gasteiger partial charge is 0.116 e. The van der Waals surface area contributed by atoms with Gasteiger partial charge >= 0.3 is 0 Å². The predicted molar refractivity (Wildman–Crippen MR) is 65.8 cm³/mol. The molecule has 16 heavy (non-hydrogen) atoms. The van der Waals surface area contributed by atoms with Crippen LogP contribution in [0.1, 0.15) is 19.3 Å². The van der Waals surface area contributed by atoms with Gasteiger partial charge in [0.25, 0.3) is 0 Å². The van der Waals surface area contributed by atoms with Crippen molar-refractivity contribution in [2.75, 3.05) is 13.1 Å². The molecule has 0 radical (unpaired) electrons. The second-order valence-electron chi connectivity index (χ2n) is 4.71. The molecule has 0 saturated carbocycles. The van der Waals surface area contributed by atoms with Gasteiger partial charge in [-0.3, -0.25) is 0 Å². The van der Waals surface area contributed by atoms with Crippen molar-refractivity contribution in [1.82, 2.24) is 5.32 Å². The van der Waals surface area contributed by atoms with Crippen LogP contribution >= 0.6 is 0 Å². The van der Waals surface area contributed by atoms with Crippen molar-refractivity contribution in [2.24, 2.45) is 5.41 Å². The first-order valence-corrected chi connectivity index (χ1v) is 5.77. The zero-order valence-corrected chi connectivity index (χ0v) is 9.56. The van der Waals surface area contributed by atoms with Crippen LogP contribution in [0.25, 0.3) is 0 Å². The summed E-state index contributed by atoms with van der Waals surface area (Å²) in [7, 11) is 0. The summed E-state index contributed by atoms with van der Waals surface area (Å²) in [5, 5.41) is 3.36. The highest BCUT2D eigenvalue weighted by atomic mass is 19.1. The Morgan fingerprint density at radius 1 is 1.44 bits per heavy atom. The molecule has 1 fully saturated rings. The lowest BCUT2D eigenvalue weighted by atomic mass is 9.64. The maximum Gasteiger partial charge on any atom is 0.116 e. The number of hydrogen-bond acceptors (Lipinski definition) is 1. The molecule has 0 amide bonds. The summed E-state index contributed by atoms with van der Waals surface area (Å²) >= 11 is 0. The minimum absolute atomic E-state index is 0.375. The van der Waals surface area contributed by atoms with Crippen LogP contribution < -0.4 is 5.32 Å². The molecule has 0 aromatic heterocycles. The lowest BCUT2D eigenvalue weighted by Crippen LogP contribution is -2.39. The van der Waals surface area contributed by atoms with Crippen molar-refractivity contribution in [1.29, 1.82) is 0 Å². The monoisotopic (exact) mass is 219 g/mol. The van der Waals surface area contributed by atoms with Crippen molar-refractivity contribution in [2.45, 2.75) is 19.3 Å². The molecule has 1 nitrogen and oxygen atoms in total. The van der Waals surface area contributed by atoms with Crippen LogP contribution in [0.5, 0.6) is 0 Å². The Bertz CT molecular complexity index is 370. The van der Waals surface area contributed by atoms with E-state index in [2.05, 4.69) is 24.6 Å². The first-order chi connectivity index (χ1) is 7.65. The van der Waals surface area contributed by atoms with Gasteiger partial charge in [0.2, 0.25) is 0 Å². The van der Waals surface area contributed by atoms with E-state index in [-0.39, 0.29) is 0 Å². The Kier molecular flexibility index (Phi) is 3.10. The maximum atomic E-state index is 12.7. The summed E-state index contributed by atoms with van der Waals surface area (Å²) in [5.41, 5.74) is 2.48. The van der Waals surface area contributed by atoms with Gasteiger partial charge in [0, 0.05) is 0 Å². The van der Waals surface area contributed by atoms with E-state index in [1.807, 2.05) is 0 Å². The fraction of sp³-hybridized carbons (Fsp3) is 0.429. The molecule has 86 valence electrons. The molecule has 2 rings (SSSR count). The minimum atomic E-state index is -0.401. The van der Waals surface area contributed by atoms with E-state index in [1.54, 1.807) is 6.08 Å². The van der Waals surface area contributed by atoms with Crippen LogP contribution in [-0.4, -0.2) is 13.1 Å². The standard InChI is InChI=1S/C14H18FN/c1-3-12(8-11(2)15)13-9-14(10-13)4-6-16-7-5-14/h3,8-9,16H,1-2,4-7,10H2. The molecule has 0 aromatic rings. The van der Waals surface area contributed by atoms with Crippen LogP contribution in [-0.2, 0) is 0 Å². The van der Waals surface area contributed by atoms with Gasteiger partial charge in [-0.1, -0.05) is 25.3 Å². The number of piperidine rings is 1. The SMILES string of the molecule is C=CC(=CC(=C)F)C1=CC2(CCNCC2)C1. The van der Waals surface area contributed by atoms with E-state index in [0.717, 1.165) is 25.1 Å². The fourth-order valence-corrected chi connectivity index (χ4v) is 2.60. The highest BCUT2D eigenvalue weighted by Gasteiger charge is 2.37. The van der Waals surface area contributed by atoms with Crippen molar-refractivity contribution >= 4 is 0 Å². The summed E-state index contributed by atoms with van der Waals surface area (Å²) in [6.45, 7) is 9.16. The van der Waals surface area contributed by atoms with Crippen LogP contribution in [0.15, 0.2) is 48.4 Å². The Morgan fingerprint density at radius 2 is 2.06 bits per heavy atom. The second kappa shape index (κ2) is 4.38. The molecule has 1 aliphatic carbocycles. The summed E-state index contributed by atoms with van der Waals surface area (Å²) in [4.78, 5) is 0. The maximum absolute atomic E-state index is 12.7. The lowest BCUT2D eigenvalue weighted by Gasteiger charge is -2.43. The number of allylic oxidation sites excluding steroid dienone is 6. The number of hydrogen-bond donors (Lipinski definition) is 1. The molecule has 1 aliphatic heterocycles. The van der Waals surface area contributed by atoms with E-state index in [0.29, 0.717) is 5.41 Å². The van der Waals surface area contributed by atoms with Gasteiger partial charge in [-0.25, -0.2) is 4.39 Å². The Morgan fingerprint density at radius 3 is 2.56 bits per heavy atom. The van der Waals surface area contributed by atoms with Crippen LogP contribution in [0, 0.1) is 5.41 Å². The quantitative estimate of drug-likeness (QED) is 0.718. The third kappa shape index (κ3) is 2.17. The van der Waals surface area contributed by atoms with Gasteiger partial charge in [-0.15, -0.1) is 0 Å². The van der Waals surface area contributed by atoms with Crippen molar-refractivity contribution in [3.63, 3.8) is 0 Å². The molecule has 2 heteroatoms. The summed E-state index contributed by atoms with van der Waals surface area (Å²) in [6, 6.07) is 0. The molecular weight excluding hydrogens is 201 g/mol. The first-order valence-electron chi connectivity index (χ1n) is 5.77. The average molecular weight is 219 g/mol. The van der Waals surface area contributed by atoms with Crippen LogP contribution in [0.4, 0.5) is 4.39 Å². The molecule has 1 N–H and O–H groups in total. The van der Waals surface area contributed by atoms with Crippen LogP contribution in [0.2, 0.25) is 0 Å². The molecule has 0 bridgehead atoms. The predicted octanol–water partition coefficient (Wildman–Crippen LogP) is 3.28. The molecule has 1 saturated heterocycles. The Labute approximate surface area is 96.4 Å². The molecule has 1 spiro atoms. The van der Waals surface area contributed by atoms with E-state index >= 15 is 0 Å². The number of rotatable bonds is 3. The van der Waals surface area contributed by atoms with E-state index in [4.69, 9.17) is 0 Å². The Hall–Kier alpha value is -1.15. The Balaban J connectivity index is 2.11. The molecule has 0 atom stereocenters. The summed E-state index contributed by atoms with van der Waals surface area (Å²) in [6.07, 6.45) is 8.91. The first kappa shape index (κ1) is 11.3. The number of halogens is 1. The zero-order valence-electron chi connectivity index (χ0n) is 9.56. The van der Waals surface area contributed by atoms with Crippen molar-refractivity contribution in [3.05, 3.63) is 48.4 Å². The average Bonchev–Trinajstić information content (AvgIpc) is 2.23. The molecule has 1 heterocycles. The molecule has 2 aliphatic rings. The highest BCUT2D eigenvalue weighted by molar-refractivity contribution is 5.48. The van der Waals surface area contributed by atoms with E-state index in [1.165, 1.54) is 24.5 Å². The van der Waals surface area contributed by atoms with Gasteiger partial charge in [-0.05, 0) is 55.0 Å². The van der Waals surface area contributed by atoms with Crippen molar-refractivity contribution in [3.8, 4) is 0 Å². The molecule has 0 unspecified atom stereocenters. The summed E-state index contributed by atoms with van der Waals surface area (Å²) < 4.78 is 12.7. The van der Waals surface area contributed by atoms with Crippen molar-refractivity contribution < 1.29 is 4.39 Å². The minimum Gasteiger partial charge on any atom is -0.317 e. The largest absolute Gasteiger partial charge is 0.317 e. The van der Waals surface area contributed by atoms with E-state index < -0.39 is 5.83 Å². The van der Waals surface area contributed by atoms with Gasteiger partial charge < -0.3 is 5.32 Å². The van der Waals surface area contributed by atoms with Gasteiger partial charge in [0.15, 0.2) is 0 Å². The molecular formula is C14H18FN. The number of nitrogens with one attached hydrogen (secondary N) is 1.